The highest BCUT2D eigenvalue weighted by molar-refractivity contribution is 7.12. The zero-order chi connectivity index (χ0) is 7.68. The van der Waals surface area contributed by atoms with E-state index < -0.39 is 0 Å². The van der Waals surface area contributed by atoms with Crippen molar-refractivity contribution in [2.75, 3.05) is 0 Å². The molecule has 2 rings (SSSR count). The number of nitrogens with zero attached hydrogens (tertiary/aromatic N) is 4. The molecule has 11 heavy (non-hydrogen) atoms. The summed E-state index contributed by atoms with van der Waals surface area (Å²) in [6.07, 6.45) is 0. The molecule has 0 aromatic carbocycles. The first-order valence-electron chi connectivity index (χ1n) is 2.93. The second-order valence-corrected chi connectivity index (χ2v) is 2.72. The molecular formula is C5H4N4OS. The van der Waals surface area contributed by atoms with Crippen LogP contribution in [0.15, 0.2) is 10.0 Å². The van der Waals surface area contributed by atoms with Gasteiger partial charge >= 0.3 is 0 Å². The second-order valence-electron chi connectivity index (χ2n) is 1.89. The maximum Gasteiger partial charge on any atom is 0.288 e. The van der Waals surface area contributed by atoms with Gasteiger partial charge in [0.25, 0.3) is 5.89 Å². The summed E-state index contributed by atoms with van der Waals surface area (Å²) in [5.41, 5.74) is 1.62. The Bertz CT molecular complexity index is 341. The van der Waals surface area contributed by atoms with Crippen molar-refractivity contribution < 1.29 is 4.52 Å². The summed E-state index contributed by atoms with van der Waals surface area (Å²) in [6, 6.07) is 0. The average Bonchev–Trinajstić information content (AvgIpc) is 2.55. The van der Waals surface area contributed by atoms with Crippen molar-refractivity contribution in [3.63, 3.8) is 0 Å². The van der Waals surface area contributed by atoms with E-state index in [-0.39, 0.29) is 0 Å². The lowest BCUT2D eigenvalue weighted by molar-refractivity contribution is 0.425. The van der Waals surface area contributed by atoms with Gasteiger partial charge in [0, 0.05) is 0 Å². The minimum Gasteiger partial charge on any atom is -0.331 e. The average molecular weight is 168 g/mol. The predicted octanol–water partition coefficient (Wildman–Crippen LogP) is 0.897. The number of aryl methyl sites for hydroxylation is 1. The molecule has 0 saturated heterocycles. The van der Waals surface area contributed by atoms with Crippen molar-refractivity contribution in [1.82, 2.24) is 20.3 Å². The van der Waals surface area contributed by atoms with Crippen molar-refractivity contribution in [2.45, 2.75) is 6.92 Å². The third-order valence-corrected chi connectivity index (χ3v) is 1.75. The van der Waals surface area contributed by atoms with E-state index in [4.69, 9.17) is 4.52 Å². The van der Waals surface area contributed by atoms with Crippen LogP contribution in [0.3, 0.4) is 0 Å². The first kappa shape index (κ1) is 6.41. The van der Waals surface area contributed by atoms with Gasteiger partial charge in [0.1, 0.15) is 5.51 Å². The molecule has 0 unspecified atom stereocenters. The Kier molecular flexibility index (Phi) is 1.39. The molecule has 2 aromatic rings. The molecule has 5 nitrogen and oxygen atoms in total. The Morgan fingerprint density at radius 3 is 3.00 bits per heavy atom. The van der Waals surface area contributed by atoms with Crippen molar-refractivity contribution in [2.24, 2.45) is 0 Å². The SMILES string of the molecule is Cc1noc(-c2nncs2)n1. The number of rotatable bonds is 1. The van der Waals surface area contributed by atoms with E-state index in [0.29, 0.717) is 16.7 Å². The summed E-state index contributed by atoms with van der Waals surface area (Å²) < 4.78 is 4.86. The Balaban J connectivity index is 2.45. The van der Waals surface area contributed by atoms with Crippen LogP contribution < -0.4 is 0 Å². The van der Waals surface area contributed by atoms with Crippen molar-refractivity contribution in [3.8, 4) is 10.9 Å². The first-order valence-corrected chi connectivity index (χ1v) is 3.81. The molecule has 0 spiro atoms. The Hall–Kier alpha value is -1.30. The number of aromatic nitrogens is 4. The molecule has 0 fully saturated rings. The van der Waals surface area contributed by atoms with Crippen LogP contribution in [0.2, 0.25) is 0 Å². The van der Waals surface area contributed by atoms with Crippen molar-refractivity contribution >= 4 is 11.3 Å². The van der Waals surface area contributed by atoms with E-state index in [9.17, 15) is 0 Å². The molecule has 2 aromatic heterocycles. The zero-order valence-corrected chi connectivity index (χ0v) is 6.50. The van der Waals surface area contributed by atoms with Crippen LogP contribution >= 0.6 is 11.3 Å². The molecule has 56 valence electrons. The molecule has 0 radical (unpaired) electrons. The van der Waals surface area contributed by atoms with E-state index in [0.717, 1.165) is 0 Å². The van der Waals surface area contributed by atoms with Gasteiger partial charge in [-0.05, 0) is 6.92 Å². The van der Waals surface area contributed by atoms with Gasteiger partial charge < -0.3 is 4.52 Å². The van der Waals surface area contributed by atoms with Gasteiger partial charge in [-0.15, -0.1) is 10.2 Å². The summed E-state index contributed by atoms with van der Waals surface area (Å²) in [4.78, 5) is 3.98. The highest BCUT2D eigenvalue weighted by Crippen LogP contribution is 2.17. The fraction of sp³-hybridized carbons (Fsp3) is 0.200. The lowest BCUT2D eigenvalue weighted by Crippen LogP contribution is -1.76. The van der Waals surface area contributed by atoms with Gasteiger partial charge in [-0.1, -0.05) is 16.5 Å². The van der Waals surface area contributed by atoms with E-state index >= 15 is 0 Å². The maximum atomic E-state index is 4.86. The number of hydrogen-bond acceptors (Lipinski definition) is 6. The van der Waals surface area contributed by atoms with Crippen molar-refractivity contribution in [1.29, 1.82) is 0 Å². The van der Waals surface area contributed by atoms with Crippen LogP contribution in [-0.4, -0.2) is 20.3 Å². The van der Waals surface area contributed by atoms with E-state index in [2.05, 4.69) is 20.3 Å². The molecule has 0 aliphatic carbocycles. The summed E-state index contributed by atoms with van der Waals surface area (Å²) in [5, 5.41) is 11.7. The fourth-order valence-corrected chi connectivity index (χ4v) is 1.12. The van der Waals surface area contributed by atoms with E-state index in [1.807, 2.05) is 0 Å². The van der Waals surface area contributed by atoms with Crippen LogP contribution in [-0.2, 0) is 0 Å². The Labute approximate surface area is 66.1 Å². The highest BCUT2D eigenvalue weighted by Gasteiger charge is 2.08. The molecular weight excluding hydrogens is 164 g/mol. The van der Waals surface area contributed by atoms with Crippen LogP contribution in [0.5, 0.6) is 0 Å². The lowest BCUT2D eigenvalue weighted by atomic mass is 10.7. The second kappa shape index (κ2) is 2.39. The summed E-state index contributed by atoms with van der Waals surface area (Å²) in [5.74, 6) is 1.04. The molecule has 0 N–H and O–H groups in total. The lowest BCUT2D eigenvalue weighted by Gasteiger charge is -1.77. The summed E-state index contributed by atoms with van der Waals surface area (Å²) in [6.45, 7) is 1.76. The molecule has 0 aliphatic rings. The van der Waals surface area contributed by atoms with Gasteiger partial charge in [-0.3, -0.25) is 0 Å². The molecule has 0 atom stereocenters. The number of hydrogen-bond donors (Lipinski definition) is 0. The van der Waals surface area contributed by atoms with Crippen LogP contribution in [0.25, 0.3) is 10.9 Å². The Morgan fingerprint density at radius 1 is 1.55 bits per heavy atom. The standard InChI is InChI=1S/C5H4N4OS/c1-3-7-4(10-9-3)5-8-6-2-11-5/h2H,1H3. The predicted molar refractivity (Wildman–Crippen MR) is 37.9 cm³/mol. The van der Waals surface area contributed by atoms with Crippen LogP contribution in [0.4, 0.5) is 0 Å². The topological polar surface area (TPSA) is 64.7 Å². The van der Waals surface area contributed by atoms with Crippen LogP contribution in [0, 0.1) is 6.92 Å². The fourth-order valence-electron chi connectivity index (χ4n) is 0.650. The van der Waals surface area contributed by atoms with Gasteiger partial charge in [0.2, 0.25) is 5.01 Å². The molecule has 0 saturated carbocycles. The third kappa shape index (κ3) is 1.12. The third-order valence-electron chi connectivity index (χ3n) is 1.07. The quantitative estimate of drug-likeness (QED) is 0.632. The summed E-state index contributed by atoms with van der Waals surface area (Å²) >= 11 is 1.37. The largest absolute Gasteiger partial charge is 0.331 e. The van der Waals surface area contributed by atoms with Gasteiger partial charge in [-0.2, -0.15) is 4.98 Å². The molecule has 0 amide bonds. The molecule has 6 heteroatoms. The zero-order valence-electron chi connectivity index (χ0n) is 5.68. The Morgan fingerprint density at radius 2 is 2.45 bits per heavy atom. The summed E-state index contributed by atoms with van der Waals surface area (Å²) in [7, 11) is 0. The molecule has 0 bridgehead atoms. The van der Waals surface area contributed by atoms with Gasteiger partial charge in [0.05, 0.1) is 0 Å². The molecule has 2 heterocycles. The minimum absolute atomic E-state index is 0.435. The minimum atomic E-state index is 0.435. The highest BCUT2D eigenvalue weighted by atomic mass is 32.1. The monoisotopic (exact) mass is 168 g/mol. The normalized spacial score (nSPS) is 10.3. The van der Waals surface area contributed by atoms with Gasteiger partial charge in [0.15, 0.2) is 5.82 Å². The molecule has 0 aliphatic heterocycles. The van der Waals surface area contributed by atoms with Gasteiger partial charge in [-0.25, -0.2) is 0 Å². The first-order chi connectivity index (χ1) is 5.36. The van der Waals surface area contributed by atoms with Crippen molar-refractivity contribution in [3.05, 3.63) is 11.3 Å². The van der Waals surface area contributed by atoms with E-state index in [1.165, 1.54) is 11.3 Å². The maximum absolute atomic E-state index is 4.86. The van der Waals surface area contributed by atoms with Crippen LogP contribution in [0.1, 0.15) is 5.82 Å². The smallest absolute Gasteiger partial charge is 0.288 e. The van der Waals surface area contributed by atoms with E-state index in [1.54, 1.807) is 12.4 Å².